The van der Waals surface area contributed by atoms with E-state index in [4.69, 9.17) is 4.74 Å². The summed E-state index contributed by atoms with van der Waals surface area (Å²) >= 11 is 1.79. The highest BCUT2D eigenvalue weighted by Gasteiger charge is 2.26. The summed E-state index contributed by atoms with van der Waals surface area (Å²) in [6, 6.07) is 8.53. The Bertz CT molecular complexity index is 734. The third-order valence-corrected chi connectivity index (χ3v) is 6.08. The Balaban J connectivity index is 1.42. The standard InChI is InChI=1S/C20H21F2NOS/c21-17-10-14(13-8-9-13)11-18(22)20(17)24-12-15-4-3-7-19(23-15)25-16-5-1-2-6-16/h3-4,7,10-11,13,16H,1-2,5-6,8-9,12H2. The third kappa shape index (κ3) is 4.14. The molecule has 1 aromatic carbocycles. The second-order valence-corrected chi connectivity index (χ2v) is 8.19. The summed E-state index contributed by atoms with van der Waals surface area (Å²) in [5.74, 6) is -1.25. The molecule has 0 atom stereocenters. The van der Waals surface area contributed by atoms with Gasteiger partial charge in [0.05, 0.1) is 10.7 Å². The lowest BCUT2D eigenvalue weighted by atomic mass is 10.1. The average Bonchev–Trinajstić information content (AvgIpc) is 3.33. The zero-order valence-corrected chi connectivity index (χ0v) is 14.8. The molecule has 132 valence electrons. The van der Waals surface area contributed by atoms with Gasteiger partial charge >= 0.3 is 0 Å². The van der Waals surface area contributed by atoms with Crippen LogP contribution in [-0.4, -0.2) is 10.2 Å². The molecule has 0 spiro atoms. The lowest BCUT2D eigenvalue weighted by molar-refractivity contribution is 0.269. The van der Waals surface area contributed by atoms with E-state index in [0.29, 0.717) is 16.9 Å². The Hall–Kier alpha value is -1.62. The summed E-state index contributed by atoms with van der Waals surface area (Å²) in [4.78, 5) is 4.56. The van der Waals surface area contributed by atoms with Crippen LogP contribution in [-0.2, 0) is 6.61 Å². The number of ether oxygens (including phenoxy) is 1. The smallest absolute Gasteiger partial charge is 0.191 e. The predicted octanol–water partition coefficient (Wildman–Crippen LogP) is 5.85. The molecular weight excluding hydrogens is 340 g/mol. The van der Waals surface area contributed by atoms with Crippen molar-refractivity contribution in [1.82, 2.24) is 4.98 Å². The molecule has 2 nitrogen and oxygen atoms in total. The van der Waals surface area contributed by atoms with Crippen molar-refractivity contribution in [1.29, 1.82) is 0 Å². The number of halogens is 2. The van der Waals surface area contributed by atoms with Gasteiger partial charge in [0, 0.05) is 5.25 Å². The van der Waals surface area contributed by atoms with Crippen molar-refractivity contribution in [2.45, 2.75) is 61.3 Å². The van der Waals surface area contributed by atoms with Crippen molar-refractivity contribution in [3.8, 4) is 5.75 Å². The van der Waals surface area contributed by atoms with Gasteiger partial charge in [-0.3, -0.25) is 0 Å². The van der Waals surface area contributed by atoms with E-state index >= 15 is 0 Å². The van der Waals surface area contributed by atoms with E-state index in [2.05, 4.69) is 4.98 Å². The summed E-state index contributed by atoms with van der Waals surface area (Å²) in [5, 5.41) is 1.59. The largest absolute Gasteiger partial charge is 0.481 e. The number of thioether (sulfide) groups is 1. The predicted molar refractivity (Wildman–Crippen MR) is 95.0 cm³/mol. The van der Waals surface area contributed by atoms with Crippen LogP contribution in [0.15, 0.2) is 35.4 Å². The number of rotatable bonds is 6. The highest BCUT2D eigenvalue weighted by Crippen LogP contribution is 2.42. The van der Waals surface area contributed by atoms with Crippen LogP contribution in [0.4, 0.5) is 8.78 Å². The third-order valence-electron chi connectivity index (χ3n) is 4.80. The minimum absolute atomic E-state index is 0.0652. The average molecular weight is 361 g/mol. The maximum Gasteiger partial charge on any atom is 0.191 e. The Kier molecular flexibility index (Phi) is 4.93. The van der Waals surface area contributed by atoms with Crippen molar-refractivity contribution in [3.63, 3.8) is 0 Å². The number of aromatic nitrogens is 1. The molecule has 0 N–H and O–H groups in total. The monoisotopic (exact) mass is 361 g/mol. The van der Waals surface area contributed by atoms with Gasteiger partial charge in [-0.15, -0.1) is 11.8 Å². The van der Waals surface area contributed by atoms with Crippen molar-refractivity contribution < 1.29 is 13.5 Å². The molecule has 0 saturated heterocycles. The molecule has 2 aliphatic carbocycles. The van der Waals surface area contributed by atoms with Gasteiger partial charge in [-0.1, -0.05) is 18.9 Å². The van der Waals surface area contributed by atoms with Gasteiger partial charge in [-0.05, 0) is 61.4 Å². The molecule has 1 heterocycles. The molecule has 2 saturated carbocycles. The fourth-order valence-corrected chi connectivity index (χ4v) is 4.53. The lowest BCUT2D eigenvalue weighted by Gasteiger charge is -2.11. The minimum atomic E-state index is -0.626. The number of hydrogen-bond acceptors (Lipinski definition) is 3. The maximum atomic E-state index is 14.2. The van der Waals surface area contributed by atoms with Gasteiger partial charge in [0.25, 0.3) is 0 Å². The molecular formula is C20H21F2NOS. The van der Waals surface area contributed by atoms with Gasteiger partial charge < -0.3 is 4.74 Å². The van der Waals surface area contributed by atoms with Gasteiger partial charge in [0.2, 0.25) is 0 Å². The zero-order valence-electron chi connectivity index (χ0n) is 14.0. The SMILES string of the molecule is Fc1cc(C2CC2)cc(F)c1OCc1cccc(SC2CCCC2)n1. The summed E-state index contributed by atoms with van der Waals surface area (Å²) < 4.78 is 33.7. The topological polar surface area (TPSA) is 22.1 Å². The molecule has 0 unspecified atom stereocenters. The van der Waals surface area contributed by atoms with Crippen LogP contribution in [0.1, 0.15) is 55.7 Å². The Labute approximate surface area is 151 Å². The summed E-state index contributed by atoms with van der Waals surface area (Å²) in [7, 11) is 0. The molecule has 0 bridgehead atoms. The zero-order chi connectivity index (χ0) is 17.2. The molecule has 0 radical (unpaired) electrons. The molecule has 0 amide bonds. The number of benzene rings is 1. The molecule has 5 heteroatoms. The van der Waals surface area contributed by atoms with E-state index in [1.807, 2.05) is 18.2 Å². The van der Waals surface area contributed by atoms with E-state index in [0.717, 1.165) is 23.4 Å². The number of pyridine rings is 1. The van der Waals surface area contributed by atoms with E-state index in [9.17, 15) is 8.78 Å². The molecule has 2 aliphatic rings. The van der Waals surface area contributed by atoms with E-state index in [-0.39, 0.29) is 12.4 Å². The van der Waals surface area contributed by atoms with Crippen LogP contribution in [0.3, 0.4) is 0 Å². The van der Waals surface area contributed by atoms with Crippen LogP contribution in [0, 0.1) is 11.6 Å². The van der Waals surface area contributed by atoms with Crippen molar-refractivity contribution in [3.05, 3.63) is 53.2 Å². The minimum Gasteiger partial charge on any atom is -0.481 e. The van der Waals surface area contributed by atoms with Crippen LogP contribution >= 0.6 is 11.8 Å². The molecule has 0 aliphatic heterocycles. The number of nitrogens with zero attached hydrogens (tertiary/aromatic N) is 1. The summed E-state index contributed by atoms with van der Waals surface area (Å²) in [5.41, 5.74) is 1.42. The first-order chi connectivity index (χ1) is 12.2. The van der Waals surface area contributed by atoms with Crippen LogP contribution in [0.2, 0.25) is 0 Å². The lowest BCUT2D eigenvalue weighted by Crippen LogP contribution is -2.03. The van der Waals surface area contributed by atoms with Crippen LogP contribution in [0.25, 0.3) is 0 Å². The first-order valence-electron chi connectivity index (χ1n) is 8.93. The quantitative estimate of drug-likeness (QED) is 0.644. The molecule has 2 aromatic rings. The van der Waals surface area contributed by atoms with Gasteiger partial charge in [-0.25, -0.2) is 13.8 Å². The van der Waals surface area contributed by atoms with Crippen LogP contribution in [0.5, 0.6) is 5.75 Å². The van der Waals surface area contributed by atoms with Gasteiger partial charge in [0.15, 0.2) is 17.4 Å². The highest BCUT2D eigenvalue weighted by molar-refractivity contribution is 7.99. The van der Waals surface area contributed by atoms with Gasteiger partial charge in [0.1, 0.15) is 6.61 Å². The van der Waals surface area contributed by atoms with E-state index in [1.54, 1.807) is 11.8 Å². The second kappa shape index (κ2) is 7.32. The van der Waals surface area contributed by atoms with E-state index in [1.165, 1.54) is 37.8 Å². The fraction of sp³-hybridized carbons (Fsp3) is 0.450. The normalized spacial score (nSPS) is 17.8. The first-order valence-corrected chi connectivity index (χ1v) is 9.81. The summed E-state index contributed by atoms with van der Waals surface area (Å²) in [6.07, 6.45) is 7.06. The molecule has 1 aromatic heterocycles. The van der Waals surface area contributed by atoms with Crippen molar-refractivity contribution in [2.24, 2.45) is 0 Å². The van der Waals surface area contributed by atoms with Crippen LogP contribution < -0.4 is 4.74 Å². The molecule has 2 fully saturated rings. The Morgan fingerprint density at radius 1 is 1.04 bits per heavy atom. The fourth-order valence-electron chi connectivity index (χ4n) is 3.30. The second-order valence-electron chi connectivity index (χ2n) is 6.87. The summed E-state index contributed by atoms with van der Waals surface area (Å²) in [6.45, 7) is 0.0652. The Morgan fingerprint density at radius 3 is 2.44 bits per heavy atom. The molecule has 4 rings (SSSR count). The maximum absolute atomic E-state index is 14.2. The molecule has 25 heavy (non-hydrogen) atoms. The van der Waals surface area contributed by atoms with E-state index < -0.39 is 11.6 Å². The van der Waals surface area contributed by atoms with Crippen molar-refractivity contribution >= 4 is 11.8 Å². The first kappa shape index (κ1) is 16.8. The Morgan fingerprint density at radius 2 is 1.76 bits per heavy atom. The number of hydrogen-bond donors (Lipinski definition) is 0. The van der Waals surface area contributed by atoms with Gasteiger partial charge in [-0.2, -0.15) is 0 Å². The van der Waals surface area contributed by atoms with Crippen molar-refractivity contribution in [2.75, 3.05) is 0 Å². The highest BCUT2D eigenvalue weighted by atomic mass is 32.2.